The van der Waals surface area contributed by atoms with Gasteiger partial charge in [-0.25, -0.2) is 12.8 Å². The number of halogens is 3. The second kappa shape index (κ2) is 8.51. The fraction of sp³-hybridized carbons (Fsp3) is 0.100. The zero-order valence-corrected chi connectivity index (χ0v) is 17.9. The van der Waals surface area contributed by atoms with Gasteiger partial charge in [0.2, 0.25) is 0 Å². The third-order valence-corrected chi connectivity index (χ3v) is 6.61. The lowest BCUT2D eigenvalue weighted by atomic mass is 10.2. The van der Waals surface area contributed by atoms with E-state index >= 15 is 0 Å². The predicted molar refractivity (Wildman–Crippen MR) is 112 cm³/mol. The summed E-state index contributed by atoms with van der Waals surface area (Å²) in [7, 11) is -2.43. The van der Waals surface area contributed by atoms with Crippen molar-refractivity contribution in [2.75, 3.05) is 11.4 Å². The predicted octanol–water partition coefficient (Wildman–Crippen LogP) is 5.65. The van der Waals surface area contributed by atoms with Crippen LogP contribution in [0, 0.1) is 5.82 Å². The van der Waals surface area contributed by atoms with Crippen LogP contribution < -0.4 is 9.04 Å². The molecule has 0 spiro atoms. The van der Waals surface area contributed by atoms with Gasteiger partial charge in [0.25, 0.3) is 10.0 Å². The van der Waals surface area contributed by atoms with Gasteiger partial charge in [-0.15, -0.1) is 0 Å². The number of anilines is 1. The molecule has 0 saturated heterocycles. The molecule has 0 aliphatic rings. The Kier molecular flexibility index (Phi) is 6.27. The summed E-state index contributed by atoms with van der Waals surface area (Å²) in [5.41, 5.74) is 1.23. The lowest BCUT2D eigenvalue weighted by Gasteiger charge is -2.25. The summed E-state index contributed by atoms with van der Waals surface area (Å²) in [6, 6.07) is 17.4. The largest absolute Gasteiger partial charge is 0.497 e. The Labute approximate surface area is 176 Å². The van der Waals surface area contributed by atoms with Crippen molar-refractivity contribution >= 4 is 43.2 Å². The number of sulfonamides is 1. The molecule has 0 heterocycles. The maximum atomic E-state index is 13.5. The highest BCUT2D eigenvalue weighted by molar-refractivity contribution is 9.10. The van der Waals surface area contributed by atoms with Gasteiger partial charge in [-0.05, 0) is 54.1 Å². The molecule has 4 nitrogen and oxygen atoms in total. The fourth-order valence-corrected chi connectivity index (χ4v) is 4.71. The molecule has 28 heavy (non-hydrogen) atoms. The molecule has 146 valence electrons. The lowest BCUT2D eigenvalue weighted by Crippen LogP contribution is -2.30. The normalized spacial score (nSPS) is 11.3. The molecule has 0 fully saturated rings. The molecule has 3 aromatic carbocycles. The minimum atomic E-state index is -3.99. The first-order chi connectivity index (χ1) is 13.3. The van der Waals surface area contributed by atoms with Gasteiger partial charge in [0.15, 0.2) is 0 Å². The summed E-state index contributed by atoms with van der Waals surface area (Å²) in [6.45, 7) is 0.0811. The van der Waals surface area contributed by atoms with E-state index in [2.05, 4.69) is 15.9 Å². The number of hydrogen-bond donors (Lipinski definition) is 0. The molecule has 0 atom stereocenters. The number of ether oxygens (including phenoxy) is 1. The van der Waals surface area contributed by atoms with Crippen molar-refractivity contribution in [2.24, 2.45) is 0 Å². The molecule has 0 unspecified atom stereocenters. The molecule has 0 aliphatic carbocycles. The second-order valence-corrected chi connectivity index (χ2v) is 9.10. The molecule has 0 saturated carbocycles. The van der Waals surface area contributed by atoms with E-state index < -0.39 is 15.8 Å². The Morgan fingerprint density at radius 3 is 2.39 bits per heavy atom. The Bertz CT molecular complexity index is 1090. The highest BCUT2D eigenvalue weighted by Gasteiger charge is 2.26. The van der Waals surface area contributed by atoms with Crippen LogP contribution in [0.2, 0.25) is 5.02 Å². The van der Waals surface area contributed by atoms with Crippen LogP contribution in [0.1, 0.15) is 5.56 Å². The van der Waals surface area contributed by atoms with Crippen molar-refractivity contribution in [3.05, 3.63) is 87.6 Å². The number of nitrogens with zero attached hydrogens (tertiary/aromatic N) is 1. The highest BCUT2D eigenvalue weighted by Crippen LogP contribution is 2.30. The van der Waals surface area contributed by atoms with E-state index in [1.165, 1.54) is 10.4 Å². The second-order valence-electron chi connectivity index (χ2n) is 5.92. The van der Waals surface area contributed by atoms with Crippen LogP contribution in [0.5, 0.6) is 5.75 Å². The molecular weight excluding hydrogens is 469 g/mol. The Morgan fingerprint density at radius 2 is 1.79 bits per heavy atom. The van der Waals surface area contributed by atoms with Gasteiger partial charge in [0, 0.05) is 4.47 Å². The topological polar surface area (TPSA) is 46.6 Å². The number of benzene rings is 3. The van der Waals surface area contributed by atoms with Gasteiger partial charge in [-0.1, -0.05) is 45.7 Å². The molecule has 0 amide bonds. The first kappa shape index (κ1) is 20.6. The van der Waals surface area contributed by atoms with Crippen LogP contribution in [0.3, 0.4) is 0 Å². The van der Waals surface area contributed by atoms with Crippen molar-refractivity contribution in [1.82, 2.24) is 0 Å². The van der Waals surface area contributed by atoms with Crippen molar-refractivity contribution < 1.29 is 17.5 Å². The van der Waals surface area contributed by atoms with Crippen LogP contribution in [0.25, 0.3) is 0 Å². The highest BCUT2D eigenvalue weighted by atomic mass is 79.9. The molecule has 0 radical (unpaired) electrons. The quantitative estimate of drug-likeness (QED) is 0.454. The summed E-state index contributed by atoms with van der Waals surface area (Å²) in [6.07, 6.45) is 0. The molecule has 0 aromatic heterocycles. The van der Waals surface area contributed by atoms with Gasteiger partial charge in [-0.2, -0.15) is 0 Å². The minimum Gasteiger partial charge on any atom is -0.497 e. The van der Waals surface area contributed by atoms with Gasteiger partial charge in [0.1, 0.15) is 11.6 Å². The van der Waals surface area contributed by atoms with Gasteiger partial charge in [-0.3, -0.25) is 4.31 Å². The van der Waals surface area contributed by atoms with E-state index in [1.54, 1.807) is 55.6 Å². The van der Waals surface area contributed by atoms with Gasteiger partial charge < -0.3 is 4.74 Å². The fourth-order valence-electron chi connectivity index (χ4n) is 2.61. The van der Waals surface area contributed by atoms with Crippen LogP contribution in [-0.4, -0.2) is 15.5 Å². The lowest BCUT2D eigenvalue weighted by molar-refractivity contribution is 0.414. The zero-order chi connectivity index (χ0) is 20.3. The maximum Gasteiger partial charge on any atom is 0.264 e. The minimum absolute atomic E-state index is 0.0811. The third kappa shape index (κ3) is 4.48. The Morgan fingerprint density at radius 1 is 1.07 bits per heavy atom. The summed E-state index contributed by atoms with van der Waals surface area (Å²) in [5, 5.41) is -0.250. The summed E-state index contributed by atoms with van der Waals surface area (Å²) in [5.74, 6) is -0.00398. The summed E-state index contributed by atoms with van der Waals surface area (Å²) >= 11 is 9.18. The monoisotopic (exact) mass is 483 g/mol. The molecule has 8 heteroatoms. The molecule has 3 aromatic rings. The third-order valence-electron chi connectivity index (χ3n) is 4.06. The number of rotatable bonds is 6. The smallest absolute Gasteiger partial charge is 0.264 e. The number of hydrogen-bond acceptors (Lipinski definition) is 3. The molecule has 0 N–H and O–H groups in total. The van der Waals surface area contributed by atoms with Crippen molar-refractivity contribution in [3.8, 4) is 5.75 Å². The van der Waals surface area contributed by atoms with Crippen LogP contribution in [0.15, 0.2) is 76.1 Å². The molecule has 0 bridgehead atoms. The number of methoxy groups -OCH3 is 1. The Hall–Kier alpha value is -2.09. The molecule has 3 rings (SSSR count). The van der Waals surface area contributed by atoms with Crippen molar-refractivity contribution in [2.45, 2.75) is 11.4 Å². The zero-order valence-electron chi connectivity index (χ0n) is 14.8. The van der Waals surface area contributed by atoms with E-state index in [4.69, 9.17) is 16.3 Å². The van der Waals surface area contributed by atoms with E-state index in [9.17, 15) is 12.8 Å². The van der Waals surface area contributed by atoms with E-state index in [0.717, 1.165) is 22.2 Å². The first-order valence-corrected chi connectivity index (χ1v) is 10.8. The van der Waals surface area contributed by atoms with Crippen LogP contribution in [-0.2, 0) is 16.6 Å². The van der Waals surface area contributed by atoms with Crippen LogP contribution >= 0.6 is 27.5 Å². The average molecular weight is 485 g/mol. The SMILES string of the molecule is COc1ccc(CN(c2cccc(Br)c2)S(=O)(=O)c2ccc(F)c(Cl)c2)cc1. The summed E-state index contributed by atoms with van der Waals surface area (Å²) in [4.78, 5) is -0.0904. The van der Waals surface area contributed by atoms with Crippen molar-refractivity contribution in [3.63, 3.8) is 0 Å². The van der Waals surface area contributed by atoms with E-state index in [1.807, 2.05) is 0 Å². The van der Waals surface area contributed by atoms with Gasteiger partial charge in [0.05, 0.1) is 29.3 Å². The maximum absolute atomic E-state index is 13.5. The average Bonchev–Trinajstić information content (AvgIpc) is 2.68. The van der Waals surface area contributed by atoms with E-state index in [-0.39, 0.29) is 16.5 Å². The Balaban J connectivity index is 2.07. The molecule has 0 aliphatic heterocycles. The molecular formula is C20H16BrClFNO3S. The standard InChI is InChI=1S/C20H16BrClFNO3S/c1-27-17-7-5-14(6-8-17)13-24(16-4-2-3-15(21)11-16)28(25,26)18-9-10-20(23)19(22)12-18/h2-12H,13H2,1H3. The summed E-state index contributed by atoms with van der Waals surface area (Å²) < 4.78 is 47.3. The van der Waals surface area contributed by atoms with Crippen LogP contribution in [0.4, 0.5) is 10.1 Å². The van der Waals surface area contributed by atoms with Crippen molar-refractivity contribution in [1.29, 1.82) is 0 Å². The van der Waals surface area contributed by atoms with E-state index in [0.29, 0.717) is 11.4 Å². The van der Waals surface area contributed by atoms with Gasteiger partial charge >= 0.3 is 0 Å². The first-order valence-electron chi connectivity index (χ1n) is 8.17.